The maximum Gasteiger partial charge on any atom is 0.342 e. The average molecular weight is 422 g/mol. The van der Waals surface area contributed by atoms with Gasteiger partial charge in [-0.3, -0.25) is 0 Å². The van der Waals surface area contributed by atoms with Crippen LogP contribution in [-0.4, -0.2) is 69.3 Å². The van der Waals surface area contributed by atoms with Crippen molar-refractivity contribution >= 4 is 5.97 Å². The third-order valence-corrected chi connectivity index (χ3v) is 5.66. The van der Waals surface area contributed by atoms with E-state index < -0.39 is 48.4 Å². The predicted octanol–water partition coefficient (Wildman–Crippen LogP) is 0.692. The maximum absolute atomic E-state index is 12.5. The molecule has 0 aliphatic carbocycles. The highest BCUT2D eigenvalue weighted by Crippen LogP contribution is 2.57. The Kier molecular flexibility index (Phi) is 5.50. The number of benzene rings is 1. The molecule has 4 rings (SSSR count). The first-order valence-electron chi connectivity index (χ1n) is 9.90. The Morgan fingerprint density at radius 1 is 1.27 bits per heavy atom. The number of carbonyl (C=O) groups is 1. The SMILES string of the molecule is CC(C)=CCC[C@@]12O[C@@H]1[C@H](c1cc(O)ccc1O[C@@H]1OC[C@@H](O)[C@H](O)[C@H]1O)OC2=O. The van der Waals surface area contributed by atoms with Crippen molar-refractivity contribution in [3.63, 3.8) is 0 Å². The largest absolute Gasteiger partial charge is 0.508 e. The van der Waals surface area contributed by atoms with Crippen LogP contribution in [0, 0.1) is 0 Å². The Morgan fingerprint density at radius 2 is 2.03 bits per heavy atom. The van der Waals surface area contributed by atoms with E-state index >= 15 is 0 Å². The summed E-state index contributed by atoms with van der Waals surface area (Å²) in [5.74, 6) is -0.313. The number of hydrogen-bond donors (Lipinski definition) is 4. The van der Waals surface area contributed by atoms with Crippen LogP contribution in [0.15, 0.2) is 29.8 Å². The van der Waals surface area contributed by atoms with Crippen LogP contribution < -0.4 is 4.74 Å². The van der Waals surface area contributed by atoms with Gasteiger partial charge in [-0.05, 0) is 44.9 Å². The molecule has 0 radical (unpaired) electrons. The quantitative estimate of drug-likeness (QED) is 0.296. The van der Waals surface area contributed by atoms with Crippen molar-refractivity contribution < 1.29 is 44.2 Å². The van der Waals surface area contributed by atoms with Gasteiger partial charge in [0.15, 0.2) is 11.7 Å². The number of fused-ring (bicyclic) bond motifs is 1. The Bertz CT molecular complexity index is 849. The number of aromatic hydroxyl groups is 1. The lowest BCUT2D eigenvalue weighted by atomic mass is 9.95. The minimum absolute atomic E-state index is 0.0586. The van der Waals surface area contributed by atoms with E-state index in [1.165, 1.54) is 18.2 Å². The number of epoxide rings is 1. The van der Waals surface area contributed by atoms with Gasteiger partial charge in [0.05, 0.1) is 6.61 Å². The lowest BCUT2D eigenvalue weighted by Gasteiger charge is -2.35. The highest BCUT2D eigenvalue weighted by atomic mass is 16.7. The Balaban J connectivity index is 1.54. The predicted molar refractivity (Wildman–Crippen MR) is 102 cm³/mol. The number of ether oxygens (including phenoxy) is 4. The first kappa shape index (κ1) is 21.1. The van der Waals surface area contributed by atoms with Crippen LogP contribution in [0.4, 0.5) is 0 Å². The minimum atomic E-state index is -1.48. The Hall–Kier alpha value is -2.17. The van der Waals surface area contributed by atoms with Crippen molar-refractivity contribution in [1.29, 1.82) is 0 Å². The van der Waals surface area contributed by atoms with Gasteiger partial charge in [-0.15, -0.1) is 0 Å². The lowest BCUT2D eigenvalue weighted by molar-refractivity contribution is -0.242. The molecule has 9 heteroatoms. The molecule has 0 unspecified atom stereocenters. The molecule has 0 spiro atoms. The lowest BCUT2D eigenvalue weighted by Crippen LogP contribution is -2.54. The normalized spacial score (nSPS) is 37.3. The molecule has 0 aromatic heterocycles. The molecular weight excluding hydrogens is 396 g/mol. The van der Waals surface area contributed by atoms with Gasteiger partial charge in [0, 0.05) is 5.56 Å². The van der Waals surface area contributed by atoms with Crippen LogP contribution in [0.1, 0.15) is 38.4 Å². The molecule has 7 atom stereocenters. The van der Waals surface area contributed by atoms with Crippen molar-refractivity contribution in [3.8, 4) is 11.5 Å². The summed E-state index contributed by atoms with van der Waals surface area (Å²) < 4.78 is 22.3. The average Bonchev–Trinajstić information content (AvgIpc) is 3.36. The summed E-state index contributed by atoms with van der Waals surface area (Å²) >= 11 is 0. The smallest absolute Gasteiger partial charge is 0.342 e. The summed E-state index contributed by atoms with van der Waals surface area (Å²) in [6.07, 6.45) is -3.49. The molecule has 4 N–H and O–H groups in total. The Labute approximate surface area is 173 Å². The number of allylic oxidation sites excluding steroid dienone is 2. The van der Waals surface area contributed by atoms with Crippen molar-refractivity contribution in [2.24, 2.45) is 0 Å². The van der Waals surface area contributed by atoms with E-state index in [0.717, 1.165) is 5.57 Å². The topological polar surface area (TPSA) is 138 Å². The highest BCUT2D eigenvalue weighted by Gasteiger charge is 2.73. The van der Waals surface area contributed by atoms with Crippen LogP contribution in [0.5, 0.6) is 11.5 Å². The third kappa shape index (κ3) is 3.67. The van der Waals surface area contributed by atoms with Gasteiger partial charge in [-0.2, -0.15) is 0 Å². The molecule has 0 saturated carbocycles. The van der Waals surface area contributed by atoms with Crippen molar-refractivity contribution in [2.75, 3.05) is 6.61 Å². The summed E-state index contributed by atoms with van der Waals surface area (Å²) in [5, 5.41) is 39.6. The zero-order valence-corrected chi connectivity index (χ0v) is 16.7. The summed E-state index contributed by atoms with van der Waals surface area (Å²) in [4.78, 5) is 12.5. The number of phenolic OH excluding ortho intramolecular Hbond substituents is 1. The molecule has 0 bridgehead atoms. The first-order chi connectivity index (χ1) is 14.2. The van der Waals surface area contributed by atoms with Gasteiger partial charge in [0.2, 0.25) is 6.29 Å². The van der Waals surface area contributed by atoms with Crippen molar-refractivity contribution in [3.05, 3.63) is 35.4 Å². The summed E-state index contributed by atoms with van der Waals surface area (Å²) in [5.41, 5.74) is 0.514. The zero-order chi connectivity index (χ0) is 21.6. The molecule has 3 heterocycles. The minimum Gasteiger partial charge on any atom is -0.508 e. The van der Waals surface area contributed by atoms with Crippen molar-refractivity contribution in [2.45, 2.75) is 69.1 Å². The van der Waals surface area contributed by atoms with Crippen LogP contribution in [0.25, 0.3) is 0 Å². The van der Waals surface area contributed by atoms with Gasteiger partial charge in [0.25, 0.3) is 0 Å². The Morgan fingerprint density at radius 3 is 2.73 bits per heavy atom. The number of rotatable bonds is 6. The fourth-order valence-corrected chi connectivity index (χ4v) is 3.92. The molecule has 164 valence electrons. The number of phenols is 1. The van der Waals surface area contributed by atoms with Crippen molar-refractivity contribution in [1.82, 2.24) is 0 Å². The van der Waals surface area contributed by atoms with Crippen LogP contribution in [0.3, 0.4) is 0 Å². The molecule has 3 fully saturated rings. The van der Waals surface area contributed by atoms with E-state index in [0.29, 0.717) is 18.4 Å². The number of esters is 1. The number of aliphatic hydroxyl groups excluding tert-OH is 3. The van der Waals surface area contributed by atoms with Crippen LogP contribution in [0.2, 0.25) is 0 Å². The van der Waals surface area contributed by atoms with E-state index in [2.05, 4.69) is 0 Å². The third-order valence-electron chi connectivity index (χ3n) is 5.66. The monoisotopic (exact) mass is 422 g/mol. The molecule has 3 saturated heterocycles. The molecular formula is C21H26O9. The summed E-state index contributed by atoms with van der Waals surface area (Å²) in [6.45, 7) is 3.74. The van der Waals surface area contributed by atoms with E-state index in [1.807, 2.05) is 19.9 Å². The van der Waals surface area contributed by atoms with Crippen LogP contribution in [-0.2, 0) is 19.0 Å². The van der Waals surface area contributed by atoms with Gasteiger partial charge >= 0.3 is 5.97 Å². The van der Waals surface area contributed by atoms with Gasteiger partial charge in [0.1, 0.15) is 35.9 Å². The maximum atomic E-state index is 12.5. The molecule has 0 amide bonds. The number of hydrogen-bond acceptors (Lipinski definition) is 9. The number of aliphatic hydroxyl groups is 3. The van der Waals surface area contributed by atoms with E-state index in [-0.39, 0.29) is 18.1 Å². The zero-order valence-electron chi connectivity index (χ0n) is 16.7. The second kappa shape index (κ2) is 7.82. The van der Waals surface area contributed by atoms with Gasteiger partial charge in [-0.25, -0.2) is 4.79 Å². The molecule has 1 aromatic carbocycles. The number of carbonyl (C=O) groups excluding carboxylic acids is 1. The van der Waals surface area contributed by atoms with E-state index in [1.54, 1.807) is 0 Å². The fourth-order valence-electron chi connectivity index (χ4n) is 3.92. The summed E-state index contributed by atoms with van der Waals surface area (Å²) in [6, 6.07) is 4.24. The standard InChI is InChI=1S/C21H26O9/c1-10(2)4-3-7-21-18(30-21)17(29-20(21)26)12-8-11(22)5-6-14(12)28-19-16(25)15(24)13(23)9-27-19/h4-6,8,13,15-19,22-25H,3,7,9H2,1-2H3/t13-,15+,16-,17+,18-,19+,21-/m1/s1. The molecule has 3 aliphatic rings. The molecule has 9 nitrogen and oxygen atoms in total. The van der Waals surface area contributed by atoms with Gasteiger partial charge in [-0.1, -0.05) is 11.6 Å². The van der Waals surface area contributed by atoms with E-state index in [9.17, 15) is 25.2 Å². The number of cyclic esters (lactones) is 1. The molecule has 3 aliphatic heterocycles. The fraction of sp³-hybridized carbons (Fsp3) is 0.571. The highest BCUT2D eigenvalue weighted by molar-refractivity contribution is 5.87. The summed E-state index contributed by atoms with van der Waals surface area (Å²) in [7, 11) is 0. The van der Waals surface area contributed by atoms with Crippen LogP contribution >= 0.6 is 0 Å². The van der Waals surface area contributed by atoms with Gasteiger partial charge < -0.3 is 39.4 Å². The second-order valence-corrected chi connectivity index (χ2v) is 8.16. The van der Waals surface area contributed by atoms with E-state index in [4.69, 9.17) is 18.9 Å². The first-order valence-corrected chi connectivity index (χ1v) is 9.90. The second-order valence-electron chi connectivity index (χ2n) is 8.16. The molecule has 30 heavy (non-hydrogen) atoms. The molecule has 1 aromatic rings.